The molecule has 8 heteroatoms. The van der Waals surface area contributed by atoms with Gasteiger partial charge in [-0.2, -0.15) is 0 Å². The van der Waals surface area contributed by atoms with E-state index in [1.54, 1.807) is 30.4 Å². The van der Waals surface area contributed by atoms with Crippen molar-refractivity contribution < 1.29 is 14.3 Å². The molecule has 0 fully saturated rings. The number of allylic oxidation sites excluding steroid dienone is 3. The molecule has 0 unspecified atom stereocenters. The third kappa shape index (κ3) is 4.92. The Morgan fingerprint density at radius 3 is 2.52 bits per heavy atom. The van der Waals surface area contributed by atoms with Crippen LogP contribution in [0.25, 0.3) is 16.0 Å². The number of ether oxygens (including phenoxy) is 2. The van der Waals surface area contributed by atoms with E-state index in [1.165, 1.54) is 23.8 Å². The van der Waals surface area contributed by atoms with Crippen molar-refractivity contribution in [2.24, 2.45) is 0 Å². The number of thiophene rings is 1. The summed E-state index contributed by atoms with van der Waals surface area (Å²) in [5, 5.41) is 0. The minimum absolute atomic E-state index is 0.268. The van der Waals surface area contributed by atoms with Crippen LogP contribution in [0.2, 0.25) is 0 Å². The van der Waals surface area contributed by atoms with Crippen LogP contribution in [-0.4, -0.2) is 22.6 Å². The van der Waals surface area contributed by atoms with Gasteiger partial charge in [-0.25, -0.2) is 4.79 Å². The zero-order valence-corrected chi connectivity index (χ0v) is 18.7. The van der Waals surface area contributed by atoms with E-state index in [4.69, 9.17) is 9.47 Å². The van der Waals surface area contributed by atoms with E-state index < -0.39 is 17.1 Å². The molecular weight excluding hydrogens is 416 g/mol. The Hall–Kier alpha value is -3.65. The predicted octanol–water partition coefficient (Wildman–Crippen LogP) is 4.50. The second-order valence-corrected chi connectivity index (χ2v) is 7.02. The molecule has 0 atom stereocenters. The Bertz CT molecular complexity index is 1280. The maximum absolute atomic E-state index is 12.6. The minimum atomic E-state index is -0.794. The molecule has 2 aromatic heterocycles. The Morgan fingerprint density at radius 2 is 1.90 bits per heavy atom. The van der Waals surface area contributed by atoms with Gasteiger partial charge in [0.25, 0.3) is 0 Å². The highest BCUT2D eigenvalue weighted by molar-refractivity contribution is 7.20. The van der Waals surface area contributed by atoms with Crippen LogP contribution < -0.4 is 15.9 Å². The lowest BCUT2D eigenvalue weighted by Gasteiger charge is -2.13. The van der Waals surface area contributed by atoms with Crippen molar-refractivity contribution in [3.05, 3.63) is 92.6 Å². The third-order valence-corrected chi connectivity index (χ3v) is 5.13. The van der Waals surface area contributed by atoms with E-state index in [-0.39, 0.29) is 4.88 Å². The molecule has 2 heterocycles. The predicted molar refractivity (Wildman–Crippen MR) is 125 cm³/mol. The number of esters is 1. The summed E-state index contributed by atoms with van der Waals surface area (Å²) >= 11 is 1.04. The Balaban J connectivity index is 0.00000166. The first-order valence-corrected chi connectivity index (χ1v) is 10.3. The number of rotatable bonds is 6. The lowest BCUT2D eigenvalue weighted by Crippen LogP contribution is -2.35. The number of hydrogen-bond donors (Lipinski definition) is 1. The Labute approximate surface area is 183 Å². The third-order valence-electron chi connectivity index (χ3n) is 4.11. The first-order chi connectivity index (χ1) is 14.9. The van der Waals surface area contributed by atoms with E-state index in [0.717, 1.165) is 16.9 Å². The molecule has 0 aliphatic rings. The molecule has 1 aromatic carbocycles. The summed E-state index contributed by atoms with van der Waals surface area (Å²) in [7, 11) is 1.26. The van der Waals surface area contributed by atoms with Crippen LogP contribution in [0.1, 0.15) is 29.1 Å². The van der Waals surface area contributed by atoms with Crippen molar-refractivity contribution in [2.75, 3.05) is 7.11 Å². The van der Waals surface area contributed by atoms with Crippen molar-refractivity contribution in [3.63, 3.8) is 0 Å². The quantitative estimate of drug-likeness (QED) is 0.264. The van der Waals surface area contributed by atoms with Gasteiger partial charge in [0.15, 0.2) is 0 Å². The van der Waals surface area contributed by atoms with Gasteiger partial charge in [0.1, 0.15) is 21.2 Å². The highest BCUT2D eigenvalue weighted by atomic mass is 32.1. The largest absolute Gasteiger partial charge is 0.465 e. The first-order valence-electron chi connectivity index (χ1n) is 9.50. The highest BCUT2D eigenvalue weighted by Crippen LogP contribution is 2.28. The van der Waals surface area contributed by atoms with Gasteiger partial charge in [0, 0.05) is 6.07 Å². The maximum Gasteiger partial charge on any atom is 0.348 e. The zero-order chi connectivity index (χ0) is 23.1. The summed E-state index contributed by atoms with van der Waals surface area (Å²) in [5.41, 5.74) is 0.0628. The summed E-state index contributed by atoms with van der Waals surface area (Å²) in [5.74, 6) is 0.413. The molecule has 1 N–H and O–H groups in total. The molecule has 162 valence electrons. The van der Waals surface area contributed by atoms with Crippen LogP contribution in [0.5, 0.6) is 5.75 Å². The number of hydrogen-bond acceptors (Lipinski definition) is 6. The Morgan fingerprint density at radius 1 is 1.19 bits per heavy atom. The summed E-state index contributed by atoms with van der Waals surface area (Å²) < 4.78 is 11.8. The fourth-order valence-electron chi connectivity index (χ4n) is 2.69. The fourth-order valence-corrected chi connectivity index (χ4v) is 3.64. The number of H-pyrrole nitrogens is 1. The van der Waals surface area contributed by atoms with Gasteiger partial charge >= 0.3 is 17.1 Å². The monoisotopic (exact) mass is 440 g/mol. The number of carbonyl (C=O) groups is 1. The van der Waals surface area contributed by atoms with Gasteiger partial charge < -0.3 is 14.5 Å². The molecular formula is C23H24N2O5S. The van der Waals surface area contributed by atoms with Crippen molar-refractivity contribution >= 4 is 27.7 Å². The number of aromatic amines is 1. The van der Waals surface area contributed by atoms with Gasteiger partial charge in [-0.05, 0) is 36.8 Å². The summed E-state index contributed by atoms with van der Waals surface area (Å²) in [6, 6.07) is 6.62. The number of nitrogens with one attached hydrogen (secondary N) is 1. The maximum atomic E-state index is 12.6. The average molecular weight is 441 g/mol. The molecule has 0 bridgehead atoms. The molecule has 0 saturated carbocycles. The molecule has 31 heavy (non-hydrogen) atoms. The van der Waals surface area contributed by atoms with E-state index in [9.17, 15) is 14.4 Å². The lowest BCUT2D eigenvalue weighted by atomic mass is 10.2. The Kier molecular flexibility index (Phi) is 7.93. The van der Waals surface area contributed by atoms with Crippen LogP contribution in [0.3, 0.4) is 0 Å². The van der Waals surface area contributed by atoms with Crippen molar-refractivity contribution in [1.29, 1.82) is 0 Å². The smallest absolute Gasteiger partial charge is 0.348 e. The normalized spacial score (nSPS) is 10.8. The highest BCUT2D eigenvalue weighted by Gasteiger charge is 2.17. The van der Waals surface area contributed by atoms with E-state index >= 15 is 0 Å². The fraction of sp³-hybridized carbons (Fsp3) is 0.174. The zero-order valence-electron chi connectivity index (χ0n) is 17.9. The van der Waals surface area contributed by atoms with Crippen LogP contribution in [0, 0.1) is 6.92 Å². The standard InChI is InChI=1S/C21H18N2O5S.C2H6/c1-5-7-14(6-2)28-16-10-13(9-8-12(16)3)23-15-11-17(21(26)27-4)29-19(15)22-18(24)20(23)25;1-2/h5-11H,1-2H2,3-4H3,(H,22,24);1-2H3/b14-7+;. The number of fused-ring (bicyclic) bond motifs is 1. The second-order valence-electron chi connectivity index (χ2n) is 5.97. The number of methoxy groups -OCH3 is 1. The number of benzene rings is 1. The van der Waals surface area contributed by atoms with Crippen LogP contribution in [-0.2, 0) is 4.74 Å². The summed E-state index contributed by atoms with van der Waals surface area (Å²) in [6.07, 6.45) is 4.76. The molecule has 3 aromatic rings. The number of aryl methyl sites for hydroxylation is 1. The van der Waals surface area contributed by atoms with Gasteiger partial charge in [-0.3, -0.25) is 14.2 Å². The SMILES string of the molecule is C=C/C=C(\C=C)Oc1cc(-n2c(=O)c(=O)[nH]c3sc(C(=O)OC)cc32)ccc1C.CC. The van der Waals surface area contributed by atoms with Crippen LogP contribution in [0.15, 0.2) is 71.0 Å². The van der Waals surface area contributed by atoms with Crippen LogP contribution >= 0.6 is 11.3 Å². The van der Waals surface area contributed by atoms with E-state index in [1.807, 2.05) is 20.8 Å². The number of nitrogens with zero attached hydrogens (tertiary/aromatic N) is 1. The topological polar surface area (TPSA) is 90.4 Å². The molecule has 0 aliphatic heterocycles. The van der Waals surface area contributed by atoms with Gasteiger partial charge in [0.2, 0.25) is 0 Å². The number of aromatic nitrogens is 2. The van der Waals surface area contributed by atoms with Gasteiger partial charge in [-0.15, -0.1) is 11.3 Å². The van der Waals surface area contributed by atoms with Crippen molar-refractivity contribution in [1.82, 2.24) is 9.55 Å². The molecule has 3 rings (SSSR count). The average Bonchev–Trinajstić information content (AvgIpc) is 3.20. The minimum Gasteiger partial charge on any atom is -0.465 e. The van der Waals surface area contributed by atoms with Gasteiger partial charge in [-0.1, -0.05) is 39.1 Å². The molecule has 0 saturated heterocycles. The molecule has 0 amide bonds. The lowest BCUT2D eigenvalue weighted by molar-refractivity contribution is 0.0606. The summed E-state index contributed by atoms with van der Waals surface area (Å²) in [4.78, 5) is 39.9. The van der Waals surface area contributed by atoms with E-state index in [0.29, 0.717) is 27.5 Å². The van der Waals surface area contributed by atoms with E-state index in [2.05, 4.69) is 18.1 Å². The second kappa shape index (κ2) is 10.4. The van der Waals surface area contributed by atoms with Crippen molar-refractivity contribution in [3.8, 4) is 11.4 Å². The number of carbonyl (C=O) groups excluding carboxylic acids is 1. The summed E-state index contributed by atoms with van der Waals surface area (Å²) in [6.45, 7) is 13.2. The molecule has 0 aliphatic carbocycles. The molecule has 0 spiro atoms. The molecule has 7 nitrogen and oxygen atoms in total. The van der Waals surface area contributed by atoms with Crippen LogP contribution in [0.4, 0.5) is 0 Å². The molecule has 0 radical (unpaired) electrons. The first kappa shape index (κ1) is 23.6. The van der Waals surface area contributed by atoms with Gasteiger partial charge in [0.05, 0.1) is 18.3 Å². The van der Waals surface area contributed by atoms with Crippen molar-refractivity contribution in [2.45, 2.75) is 20.8 Å².